The molecule has 0 amide bonds. The fraction of sp³-hybridized carbons (Fsp3) is 1.00. The summed E-state index contributed by atoms with van der Waals surface area (Å²) in [6.07, 6.45) is 4.63. The van der Waals surface area contributed by atoms with Gasteiger partial charge in [0, 0.05) is 26.8 Å². The summed E-state index contributed by atoms with van der Waals surface area (Å²) in [7, 11) is 0. The molecule has 0 rings (SSSR count). The molecule has 0 saturated heterocycles. The summed E-state index contributed by atoms with van der Waals surface area (Å²) in [4.78, 5) is 17.6. The van der Waals surface area contributed by atoms with E-state index in [9.17, 15) is 0 Å². The quantitative estimate of drug-likeness (QED) is 0.449. The topological polar surface area (TPSA) is 40.5 Å². The molecule has 2 nitrogen and oxygen atoms in total. The van der Waals surface area contributed by atoms with Crippen LogP contribution in [-0.4, -0.2) is 15.5 Å². The first kappa shape index (κ1) is 16.1. The zero-order chi connectivity index (χ0) is 8.74. The van der Waals surface area contributed by atoms with E-state index < -0.39 is 5.69 Å². The summed E-state index contributed by atoms with van der Waals surface area (Å²) >= 11 is 5.57. The summed E-state index contributed by atoms with van der Waals surface area (Å²) in [5, 5.41) is 0. The average Bonchev–Trinajstić information content (AvgIpc) is 1.85. The molecular formula is C6H15MoO2PS2. The fourth-order valence-electron chi connectivity index (χ4n) is 0.712. The number of unbranched alkanes of at least 4 members (excludes halogenated alkanes) is 3. The number of hydrogen-bond acceptors (Lipinski definition) is 2. The van der Waals surface area contributed by atoms with Gasteiger partial charge in [0.05, 0.1) is 0 Å². The molecule has 0 heterocycles. The zero-order valence-electron chi connectivity index (χ0n) is 7.10. The van der Waals surface area contributed by atoms with Crippen LogP contribution in [0.25, 0.3) is 0 Å². The first-order valence-electron chi connectivity index (χ1n) is 3.76. The smallest absolute Gasteiger partial charge is 0.242 e. The minimum absolute atomic E-state index is 0. The summed E-state index contributed by atoms with van der Waals surface area (Å²) in [6.45, 7) is 2.15. The van der Waals surface area contributed by atoms with Gasteiger partial charge in [-0.3, -0.25) is 0 Å². The Morgan fingerprint density at radius 1 is 1.25 bits per heavy atom. The van der Waals surface area contributed by atoms with Crippen LogP contribution in [0, 0.1) is 0 Å². The van der Waals surface area contributed by atoms with Gasteiger partial charge in [-0.1, -0.05) is 37.6 Å². The monoisotopic (exact) mass is 312 g/mol. The van der Waals surface area contributed by atoms with Crippen molar-refractivity contribution in [3.8, 4) is 0 Å². The van der Waals surface area contributed by atoms with Gasteiger partial charge in [0.15, 0.2) is 0 Å². The Morgan fingerprint density at radius 3 is 2.25 bits per heavy atom. The Morgan fingerprint density at radius 2 is 1.83 bits per heavy atom. The summed E-state index contributed by atoms with van der Waals surface area (Å²) in [5.41, 5.74) is -2.96. The van der Waals surface area contributed by atoms with Gasteiger partial charge in [-0.05, 0) is 18.2 Å². The third-order valence-electron chi connectivity index (χ3n) is 1.26. The van der Waals surface area contributed by atoms with E-state index in [4.69, 9.17) is 9.79 Å². The van der Waals surface area contributed by atoms with Gasteiger partial charge in [-0.25, -0.2) is 0 Å². The molecule has 0 spiro atoms. The van der Waals surface area contributed by atoms with Gasteiger partial charge in [-0.15, -0.1) is 0 Å². The maximum atomic E-state index is 8.82. The van der Waals surface area contributed by atoms with Crippen molar-refractivity contribution in [2.45, 2.75) is 32.6 Å². The molecule has 0 saturated carbocycles. The van der Waals surface area contributed by atoms with Gasteiger partial charge in [0.2, 0.25) is 5.69 Å². The summed E-state index contributed by atoms with van der Waals surface area (Å²) < 4.78 is 0. The van der Waals surface area contributed by atoms with Crippen LogP contribution < -0.4 is 0 Å². The molecule has 0 fully saturated rings. The molecular weight excluding hydrogens is 295 g/mol. The third kappa shape index (κ3) is 14.2. The van der Waals surface area contributed by atoms with E-state index in [2.05, 4.69) is 18.7 Å². The van der Waals surface area contributed by atoms with Gasteiger partial charge in [-0.2, -0.15) is 0 Å². The zero-order valence-corrected chi connectivity index (χ0v) is 11.6. The van der Waals surface area contributed by atoms with Crippen molar-refractivity contribution in [2.24, 2.45) is 0 Å². The molecule has 74 valence electrons. The fourth-order valence-corrected chi connectivity index (χ4v) is 3.05. The largest absolute Gasteiger partial charge is 0.338 e. The molecule has 2 N–H and O–H groups in total. The van der Waals surface area contributed by atoms with Crippen molar-refractivity contribution >= 4 is 28.9 Å². The summed E-state index contributed by atoms with van der Waals surface area (Å²) in [6, 6.07) is 0. The Bertz CT molecular complexity index is 140. The number of rotatable bonds is 6. The molecule has 12 heavy (non-hydrogen) atoms. The molecule has 0 bridgehead atoms. The van der Waals surface area contributed by atoms with Crippen molar-refractivity contribution < 1.29 is 30.9 Å². The SMILES string of the molecule is CCCCCCSP(O)(O)=S.[Mo]. The predicted molar refractivity (Wildman–Crippen MR) is 55.3 cm³/mol. The van der Waals surface area contributed by atoms with E-state index in [-0.39, 0.29) is 21.1 Å². The van der Waals surface area contributed by atoms with Crippen LogP contribution in [0.3, 0.4) is 0 Å². The van der Waals surface area contributed by atoms with E-state index in [1.807, 2.05) is 0 Å². The van der Waals surface area contributed by atoms with Crippen molar-refractivity contribution in [1.29, 1.82) is 0 Å². The second-order valence-corrected chi connectivity index (χ2v) is 8.56. The molecule has 0 aliphatic rings. The first-order valence-corrected chi connectivity index (χ1v) is 8.06. The minimum atomic E-state index is -2.96. The van der Waals surface area contributed by atoms with E-state index in [0.29, 0.717) is 0 Å². The Balaban J connectivity index is 0. The van der Waals surface area contributed by atoms with Crippen LogP contribution in [0.4, 0.5) is 0 Å². The van der Waals surface area contributed by atoms with Gasteiger partial charge >= 0.3 is 0 Å². The standard InChI is InChI=1S/C6H15O2PS2.Mo/c1-2-3-4-5-6-11-9(7,8)10;/h2-6H2,1H3,(H2,7,8,10);. The van der Waals surface area contributed by atoms with Crippen LogP contribution >= 0.6 is 17.1 Å². The van der Waals surface area contributed by atoms with Crippen LogP contribution in [-0.2, 0) is 32.9 Å². The normalized spacial score (nSPS) is 10.9. The van der Waals surface area contributed by atoms with Crippen LogP contribution in [0.5, 0.6) is 0 Å². The molecule has 0 atom stereocenters. The van der Waals surface area contributed by atoms with Gasteiger partial charge < -0.3 is 9.79 Å². The van der Waals surface area contributed by atoms with E-state index in [1.54, 1.807) is 0 Å². The van der Waals surface area contributed by atoms with Crippen LogP contribution in [0.1, 0.15) is 32.6 Å². The second-order valence-electron chi connectivity index (χ2n) is 2.38. The maximum absolute atomic E-state index is 8.82. The Kier molecular flexibility index (Phi) is 12.3. The van der Waals surface area contributed by atoms with Crippen molar-refractivity contribution in [1.82, 2.24) is 0 Å². The van der Waals surface area contributed by atoms with Crippen molar-refractivity contribution in [3.63, 3.8) is 0 Å². The maximum Gasteiger partial charge on any atom is 0.242 e. The Labute approximate surface area is 97.7 Å². The third-order valence-corrected chi connectivity index (χ3v) is 4.57. The molecule has 0 radical (unpaired) electrons. The average molecular weight is 310 g/mol. The van der Waals surface area contributed by atoms with Gasteiger partial charge in [0.25, 0.3) is 0 Å². The molecule has 0 aliphatic heterocycles. The molecule has 0 unspecified atom stereocenters. The van der Waals surface area contributed by atoms with Crippen molar-refractivity contribution in [2.75, 3.05) is 5.75 Å². The molecule has 0 aromatic rings. The van der Waals surface area contributed by atoms with E-state index >= 15 is 0 Å². The molecule has 0 aromatic carbocycles. The number of hydrogen-bond donors (Lipinski definition) is 2. The summed E-state index contributed by atoms with van der Waals surface area (Å²) in [5.74, 6) is 0.782. The van der Waals surface area contributed by atoms with E-state index in [1.165, 1.54) is 19.3 Å². The molecule has 0 aromatic heterocycles. The minimum Gasteiger partial charge on any atom is -0.338 e. The van der Waals surface area contributed by atoms with E-state index in [0.717, 1.165) is 23.6 Å². The first-order chi connectivity index (χ1) is 5.06. The predicted octanol–water partition coefficient (Wildman–Crippen LogP) is 2.51. The molecule has 0 aliphatic carbocycles. The van der Waals surface area contributed by atoms with Crippen LogP contribution in [0.2, 0.25) is 0 Å². The molecule has 6 heteroatoms. The van der Waals surface area contributed by atoms with Crippen LogP contribution in [0.15, 0.2) is 0 Å². The van der Waals surface area contributed by atoms with Gasteiger partial charge in [0.1, 0.15) is 0 Å². The second kappa shape index (κ2) is 9.17. The Hall–Kier alpha value is 1.61. The van der Waals surface area contributed by atoms with Crippen molar-refractivity contribution in [3.05, 3.63) is 0 Å².